The van der Waals surface area contributed by atoms with Crippen molar-refractivity contribution in [2.45, 2.75) is 5.03 Å². The number of imidazole rings is 1. The topological polar surface area (TPSA) is 82.2 Å². The standard InChI is InChI=1S/C10H15N5O2S/c1-13-8-10(12-9-13)18(16,17)15-6-4-14(3-2-11)5-7-15/h8-9H,3-7H2,1H3. The van der Waals surface area contributed by atoms with Crippen molar-refractivity contribution >= 4 is 10.0 Å². The second kappa shape index (κ2) is 5.06. The van der Waals surface area contributed by atoms with E-state index in [0.717, 1.165) is 0 Å². The Labute approximate surface area is 106 Å². The van der Waals surface area contributed by atoms with Gasteiger partial charge in [-0.3, -0.25) is 4.90 Å². The summed E-state index contributed by atoms with van der Waals surface area (Å²) in [5.41, 5.74) is 0. The fourth-order valence-electron chi connectivity index (χ4n) is 1.88. The van der Waals surface area contributed by atoms with Crippen LogP contribution in [0.3, 0.4) is 0 Å². The van der Waals surface area contributed by atoms with E-state index in [-0.39, 0.29) is 5.03 Å². The summed E-state index contributed by atoms with van der Waals surface area (Å²) < 4.78 is 27.5. The van der Waals surface area contributed by atoms with E-state index in [4.69, 9.17) is 5.26 Å². The van der Waals surface area contributed by atoms with E-state index in [0.29, 0.717) is 32.7 Å². The summed E-state index contributed by atoms with van der Waals surface area (Å²) in [7, 11) is -1.75. The molecule has 0 saturated carbocycles. The van der Waals surface area contributed by atoms with Crippen LogP contribution in [0.4, 0.5) is 0 Å². The van der Waals surface area contributed by atoms with Crippen molar-refractivity contribution < 1.29 is 8.42 Å². The third-order valence-electron chi connectivity index (χ3n) is 2.91. The van der Waals surface area contributed by atoms with Gasteiger partial charge >= 0.3 is 0 Å². The fourth-order valence-corrected chi connectivity index (χ4v) is 3.27. The summed E-state index contributed by atoms with van der Waals surface area (Å²) in [4.78, 5) is 5.82. The van der Waals surface area contributed by atoms with Gasteiger partial charge in [-0.15, -0.1) is 0 Å². The first-order valence-corrected chi connectivity index (χ1v) is 7.05. The van der Waals surface area contributed by atoms with Crippen molar-refractivity contribution in [2.75, 3.05) is 32.7 Å². The highest BCUT2D eigenvalue weighted by Gasteiger charge is 2.29. The molecule has 1 aliphatic rings. The molecule has 2 heterocycles. The quantitative estimate of drug-likeness (QED) is 0.674. The molecule has 0 amide bonds. The number of rotatable bonds is 3. The lowest BCUT2D eigenvalue weighted by Gasteiger charge is -2.31. The van der Waals surface area contributed by atoms with Crippen LogP contribution in [-0.4, -0.2) is 59.9 Å². The molecule has 0 aromatic carbocycles. The molecule has 8 heteroatoms. The number of nitrogens with zero attached hydrogens (tertiary/aromatic N) is 5. The zero-order chi connectivity index (χ0) is 13.2. The van der Waals surface area contributed by atoms with Crippen LogP contribution in [0.2, 0.25) is 0 Å². The average Bonchev–Trinajstić information content (AvgIpc) is 2.78. The van der Waals surface area contributed by atoms with Crippen LogP contribution in [0.1, 0.15) is 0 Å². The third-order valence-corrected chi connectivity index (χ3v) is 4.70. The van der Waals surface area contributed by atoms with Crippen molar-refractivity contribution in [3.8, 4) is 6.07 Å². The number of hydrogen-bond acceptors (Lipinski definition) is 5. The Morgan fingerprint density at radius 1 is 1.39 bits per heavy atom. The molecule has 1 aliphatic heterocycles. The Morgan fingerprint density at radius 2 is 2.06 bits per heavy atom. The molecule has 7 nitrogen and oxygen atoms in total. The van der Waals surface area contributed by atoms with E-state index in [1.807, 2.05) is 4.90 Å². The molecule has 0 spiro atoms. The lowest BCUT2D eigenvalue weighted by atomic mass is 10.4. The van der Waals surface area contributed by atoms with Gasteiger partial charge in [-0.25, -0.2) is 13.4 Å². The highest BCUT2D eigenvalue weighted by atomic mass is 32.2. The van der Waals surface area contributed by atoms with E-state index in [1.165, 1.54) is 16.8 Å². The smallest absolute Gasteiger partial charge is 0.262 e. The molecular weight excluding hydrogens is 254 g/mol. The number of sulfonamides is 1. The van der Waals surface area contributed by atoms with E-state index in [1.54, 1.807) is 11.6 Å². The maximum atomic E-state index is 12.2. The van der Waals surface area contributed by atoms with Gasteiger partial charge in [-0.2, -0.15) is 9.57 Å². The highest BCUT2D eigenvalue weighted by Crippen LogP contribution is 2.15. The Balaban J connectivity index is 2.07. The van der Waals surface area contributed by atoms with Gasteiger partial charge in [0.1, 0.15) is 0 Å². The Hall–Kier alpha value is -1.43. The van der Waals surface area contributed by atoms with Crippen LogP contribution in [0, 0.1) is 11.3 Å². The van der Waals surface area contributed by atoms with Gasteiger partial charge < -0.3 is 4.57 Å². The lowest BCUT2D eigenvalue weighted by Crippen LogP contribution is -2.48. The van der Waals surface area contributed by atoms with Crippen molar-refractivity contribution in [1.82, 2.24) is 18.8 Å². The highest BCUT2D eigenvalue weighted by molar-refractivity contribution is 7.89. The molecular formula is C10H15N5O2S. The summed E-state index contributed by atoms with van der Waals surface area (Å²) in [5, 5.41) is 8.67. The normalized spacial score (nSPS) is 18.7. The van der Waals surface area contributed by atoms with Crippen LogP contribution in [0.25, 0.3) is 0 Å². The fraction of sp³-hybridized carbons (Fsp3) is 0.600. The number of aryl methyl sites for hydroxylation is 1. The molecule has 1 aromatic heterocycles. The number of piperazine rings is 1. The molecule has 0 unspecified atom stereocenters. The molecule has 1 aromatic rings. The molecule has 0 N–H and O–H groups in total. The minimum Gasteiger partial charge on any atom is -0.339 e. The van der Waals surface area contributed by atoms with Crippen molar-refractivity contribution in [3.63, 3.8) is 0 Å². The second-order valence-electron chi connectivity index (χ2n) is 4.22. The van der Waals surface area contributed by atoms with Crippen LogP contribution in [0.15, 0.2) is 17.6 Å². The molecule has 0 bridgehead atoms. The maximum Gasteiger partial charge on any atom is 0.262 e. The first kappa shape index (κ1) is 13.0. The summed E-state index contributed by atoms with van der Waals surface area (Å²) in [6.45, 7) is 2.32. The predicted molar refractivity (Wildman–Crippen MR) is 64.0 cm³/mol. The van der Waals surface area contributed by atoms with Crippen LogP contribution in [0.5, 0.6) is 0 Å². The molecule has 2 rings (SSSR count). The van der Waals surface area contributed by atoms with Gasteiger partial charge in [0, 0.05) is 39.4 Å². The van der Waals surface area contributed by atoms with Gasteiger partial charge in [-0.05, 0) is 0 Å². The summed E-state index contributed by atoms with van der Waals surface area (Å²) in [6, 6.07) is 2.07. The van der Waals surface area contributed by atoms with E-state index in [9.17, 15) is 8.42 Å². The van der Waals surface area contributed by atoms with E-state index >= 15 is 0 Å². The maximum absolute atomic E-state index is 12.2. The summed E-state index contributed by atoms with van der Waals surface area (Å²) in [6.07, 6.45) is 2.97. The summed E-state index contributed by atoms with van der Waals surface area (Å²) >= 11 is 0. The Bertz CT molecular complexity index is 551. The largest absolute Gasteiger partial charge is 0.339 e. The lowest BCUT2D eigenvalue weighted by molar-refractivity contribution is 0.206. The van der Waals surface area contributed by atoms with Crippen molar-refractivity contribution in [2.24, 2.45) is 7.05 Å². The molecule has 98 valence electrons. The van der Waals surface area contributed by atoms with E-state index in [2.05, 4.69) is 11.1 Å². The van der Waals surface area contributed by atoms with Gasteiger partial charge in [-0.1, -0.05) is 0 Å². The molecule has 0 atom stereocenters. The first-order valence-electron chi connectivity index (χ1n) is 5.61. The van der Waals surface area contributed by atoms with E-state index < -0.39 is 10.0 Å². The second-order valence-corrected chi connectivity index (χ2v) is 6.10. The number of aromatic nitrogens is 2. The van der Waals surface area contributed by atoms with Crippen LogP contribution >= 0.6 is 0 Å². The monoisotopic (exact) mass is 269 g/mol. The van der Waals surface area contributed by atoms with Gasteiger partial charge in [0.15, 0.2) is 5.03 Å². The van der Waals surface area contributed by atoms with Crippen LogP contribution < -0.4 is 0 Å². The summed E-state index contributed by atoms with van der Waals surface area (Å²) in [5.74, 6) is 0. The molecule has 1 fully saturated rings. The number of hydrogen-bond donors (Lipinski definition) is 0. The zero-order valence-corrected chi connectivity index (χ0v) is 11.0. The minimum atomic E-state index is -3.49. The molecule has 0 aliphatic carbocycles. The predicted octanol–water partition coefficient (Wildman–Crippen LogP) is -0.750. The molecule has 1 saturated heterocycles. The SMILES string of the molecule is Cn1cnc(S(=O)(=O)N2CCN(CC#N)CC2)c1. The average molecular weight is 269 g/mol. The molecule has 18 heavy (non-hydrogen) atoms. The minimum absolute atomic E-state index is 0.0822. The third kappa shape index (κ3) is 2.53. The number of nitriles is 1. The Kier molecular flexibility index (Phi) is 3.65. The van der Waals surface area contributed by atoms with Gasteiger partial charge in [0.05, 0.1) is 18.9 Å². The molecule has 0 radical (unpaired) electrons. The Morgan fingerprint density at radius 3 is 2.56 bits per heavy atom. The van der Waals surface area contributed by atoms with Crippen molar-refractivity contribution in [1.29, 1.82) is 5.26 Å². The zero-order valence-electron chi connectivity index (χ0n) is 10.2. The van der Waals surface area contributed by atoms with Gasteiger partial charge in [0.2, 0.25) is 0 Å². The van der Waals surface area contributed by atoms with Crippen LogP contribution in [-0.2, 0) is 17.1 Å². The van der Waals surface area contributed by atoms with Gasteiger partial charge in [0.25, 0.3) is 10.0 Å². The first-order chi connectivity index (χ1) is 8.54. The van der Waals surface area contributed by atoms with Crippen molar-refractivity contribution in [3.05, 3.63) is 12.5 Å².